The zero-order valence-electron chi connectivity index (χ0n) is 14.0. The Hall–Kier alpha value is -3.08. The molecule has 0 bridgehead atoms. The van der Waals surface area contributed by atoms with E-state index in [2.05, 4.69) is 33.6 Å². The number of anilines is 4. The van der Waals surface area contributed by atoms with Gasteiger partial charge >= 0.3 is 0 Å². The Morgan fingerprint density at radius 3 is 2.33 bits per heavy atom. The van der Waals surface area contributed by atoms with Gasteiger partial charge in [-0.3, -0.25) is 0 Å². The highest BCUT2D eigenvalue weighted by Crippen LogP contribution is 2.24. The summed E-state index contributed by atoms with van der Waals surface area (Å²) in [6, 6.07) is 17.7. The van der Waals surface area contributed by atoms with E-state index in [1.807, 2.05) is 55.5 Å². The molecule has 122 valence electrons. The van der Waals surface area contributed by atoms with Crippen LogP contribution in [-0.2, 0) is 0 Å². The summed E-state index contributed by atoms with van der Waals surface area (Å²) in [6.45, 7) is 3.94. The minimum Gasteiger partial charge on any atom is -0.497 e. The number of ether oxygens (including phenoxy) is 1. The lowest BCUT2D eigenvalue weighted by Crippen LogP contribution is -2.02. The Kier molecular flexibility index (Phi) is 4.61. The molecule has 0 saturated heterocycles. The molecule has 1 heterocycles. The average molecular weight is 320 g/mol. The third-order valence-corrected chi connectivity index (χ3v) is 3.59. The van der Waals surface area contributed by atoms with E-state index in [-0.39, 0.29) is 0 Å². The fourth-order valence-corrected chi connectivity index (χ4v) is 2.40. The molecule has 0 fully saturated rings. The SMILES string of the molecule is COc1cccc(Nc2cc(Nc3ccccc3C)nc(C)n2)c1. The van der Waals surface area contributed by atoms with Crippen LogP contribution in [-0.4, -0.2) is 17.1 Å². The first kappa shape index (κ1) is 15.8. The highest BCUT2D eigenvalue weighted by Gasteiger charge is 2.05. The summed E-state index contributed by atoms with van der Waals surface area (Å²) < 4.78 is 5.25. The molecule has 2 N–H and O–H groups in total. The van der Waals surface area contributed by atoms with Crippen LogP contribution in [0.25, 0.3) is 0 Å². The summed E-state index contributed by atoms with van der Waals surface area (Å²) in [5.41, 5.74) is 3.10. The summed E-state index contributed by atoms with van der Waals surface area (Å²) in [6.07, 6.45) is 0. The topological polar surface area (TPSA) is 59.1 Å². The molecule has 0 aliphatic rings. The molecule has 0 unspecified atom stereocenters. The van der Waals surface area contributed by atoms with Crippen molar-refractivity contribution in [3.05, 3.63) is 66.0 Å². The number of rotatable bonds is 5. The van der Waals surface area contributed by atoms with E-state index >= 15 is 0 Å². The van der Waals surface area contributed by atoms with Crippen molar-refractivity contribution in [2.24, 2.45) is 0 Å². The van der Waals surface area contributed by atoms with Crippen LogP contribution >= 0.6 is 0 Å². The number of hydrogen-bond acceptors (Lipinski definition) is 5. The van der Waals surface area contributed by atoms with Crippen molar-refractivity contribution < 1.29 is 4.74 Å². The van der Waals surface area contributed by atoms with Crippen molar-refractivity contribution in [3.63, 3.8) is 0 Å². The predicted molar refractivity (Wildman–Crippen MR) is 97.5 cm³/mol. The van der Waals surface area contributed by atoms with Crippen LogP contribution in [0.15, 0.2) is 54.6 Å². The molecule has 5 heteroatoms. The molecule has 0 atom stereocenters. The van der Waals surface area contributed by atoms with Crippen LogP contribution in [0.2, 0.25) is 0 Å². The number of hydrogen-bond donors (Lipinski definition) is 2. The minimum atomic E-state index is 0.694. The van der Waals surface area contributed by atoms with Gasteiger partial charge in [-0.1, -0.05) is 24.3 Å². The third-order valence-electron chi connectivity index (χ3n) is 3.59. The van der Waals surface area contributed by atoms with E-state index in [4.69, 9.17) is 4.74 Å². The Bertz CT molecular complexity index is 848. The van der Waals surface area contributed by atoms with Gasteiger partial charge in [-0.15, -0.1) is 0 Å². The van der Waals surface area contributed by atoms with E-state index in [1.165, 1.54) is 0 Å². The van der Waals surface area contributed by atoms with Crippen molar-refractivity contribution in [2.75, 3.05) is 17.7 Å². The maximum Gasteiger partial charge on any atom is 0.136 e. The lowest BCUT2D eigenvalue weighted by molar-refractivity contribution is 0.415. The van der Waals surface area contributed by atoms with Crippen LogP contribution in [0.5, 0.6) is 5.75 Å². The van der Waals surface area contributed by atoms with Crippen molar-refractivity contribution in [1.82, 2.24) is 9.97 Å². The first-order chi connectivity index (χ1) is 11.6. The van der Waals surface area contributed by atoms with E-state index in [0.29, 0.717) is 5.82 Å². The van der Waals surface area contributed by atoms with Gasteiger partial charge in [0, 0.05) is 23.5 Å². The fourth-order valence-electron chi connectivity index (χ4n) is 2.40. The van der Waals surface area contributed by atoms with Crippen LogP contribution in [0.3, 0.4) is 0 Å². The molecule has 5 nitrogen and oxygen atoms in total. The van der Waals surface area contributed by atoms with Gasteiger partial charge in [0.2, 0.25) is 0 Å². The summed E-state index contributed by atoms with van der Waals surface area (Å²) in [5, 5.41) is 6.64. The van der Waals surface area contributed by atoms with Crippen LogP contribution < -0.4 is 15.4 Å². The normalized spacial score (nSPS) is 10.3. The molecule has 0 radical (unpaired) electrons. The van der Waals surface area contributed by atoms with E-state index in [0.717, 1.165) is 34.3 Å². The first-order valence-corrected chi connectivity index (χ1v) is 7.73. The Morgan fingerprint density at radius 2 is 1.58 bits per heavy atom. The van der Waals surface area contributed by atoms with Gasteiger partial charge in [0.1, 0.15) is 23.2 Å². The highest BCUT2D eigenvalue weighted by molar-refractivity contribution is 5.65. The molecule has 24 heavy (non-hydrogen) atoms. The number of benzene rings is 2. The zero-order valence-corrected chi connectivity index (χ0v) is 14.0. The van der Waals surface area contributed by atoms with E-state index in [1.54, 1.807) is 7.11 Å². The average Bonchev–Trinajstić information content (AvgIpc) is 2.56. The molecule has 3 rings (SSSR count). The monoisotopic (exact) mass is 320 g/mol. The summed E-state index contributed by atoms with van der Waals surface area (Å²) in [5.74, 6) is 2.97. The van der Waals surface area contributed by atoms with Gasteiger partial charge < -0.3 is 15.4 Å². The van der Waals surface area contributed by atoms with E-state index in [9.17, 15) is 0 Å². The van der Waals surface area contributed by atoms with Crippen LogP contribution in [0, 0.1) is 13.8 Å². The van der Waals surface area contributed by atoms with Gasteiger partial charge in [0.15, 0.2) is 0 Å². The Balaban J connectivity index is 1.84. The quantitative estimate of drug-likeness (QED) is 0.720. The summed E-state index contributed by atoms with van der Waals surface area (Å²) in [7, 11) is 1.65. The third kappa shape index (κ3) is 3.81. The summed E-state index contributed by atoms with van der Waals surface area (Å²) >= 11 is 0. The molecule has 0 aliphatic heterocycles. The molecule has 0 aliphatic carbocycles. The molecule has 0 spiro atoms. The standard InChI is InChI=1S/C19H20N4O/c1-13-7-4-5-10-17(13)23-19-12-18(20-14(2)21-19)22-15-8-6-9-16(11-15)24-3/h4-12H,1-3H3,(H2,20,21,22,23). The first-order valence-electron chi connectivity index (χ1n) is 7.73. The second-order valence-electron chi connectivity index (χ2n) is 5.48. The number of aryl methyl sites for hydroxylation is 2. The molecule has 0 amide bonds. The largest absolute Gasteiger partial charge is 0.497 e. The number of methoxy groups -OCH3 is 1. The van der Waals surface area contributed by atoms with E-state index < -0.39 is 0 Å². The van der Waals surface area contributed by atoms with Gasteiger partial charge in [-0.05, 0) is 37.6 Å². The second kappa shape index (κ2) is 7.00. The minimum absolute atomic E-state index is 0.694. The van der Waals surface area contributed by atoms with Gasteiger partial charge in [0.25, 0.3) is 0 Å². The van der Waals surface area contributed by atoms with Gasteiger partial charge in [-0.25, -0.2) is 9.97 Å². The predicted octanol–water partition coefficient (Wildman–Crippen LogP) is 4.59. The summed E-state index contributed by atoms with van der Waals surface area (Å²) in [4.78, 5) is 8.90. The van der Waals surface area contributed by atoms with Crippen molar-refractivity contribution in [3.8, 4) is 5.75 Å². The number of nitrogens with one attached hydrogen (secondary N) is 2. The number of nitrogens with zero attached hydrogens (tertiary/aromatic N) is 2. The molecule has 1 aromatic heterocycles. The van der Waals surface area contributed by atoms with Crippen LogP contribution in [0.1, 0.15) is 11.4 Å². The maximum absolute atomic E-state index is 5.25. The molecule has 3 aromatic rings. The number of para-hydroxylation sites is 1. The molecular formula is C19H20N4O. The lowest BCUT2D eigenvalue weighted by atomic mass is 10.2. The Morgan fingerprint density at radius 1 is 0.833 bits per heavy atom. The van der Waals surface area contributed by atoms with Crippen molar-refractivity contribution in [1.29, 1.82) is 0 Å². The Labute approximate surface area is 141 Å². The number of aromatic nitrogens is 2. The molecule has 0 saturated carbocycles. The lowest BCUT2D eigenvalue weighted by Gasteiger charge is -2.12. The van der Waals surface area contributed by atoms with Crippen molar-refractivity contribution in [2.45, 2.75) is 13.8 Å². The van der Waals surface area contributed by atoms with Gasteiger partial charge in [-0.2, -0.15) is 0 Å². The fraction of sp³-hybridized carbons (Fsp3) is 0.158. The maximum atomic E-state index is 5.25. The van der Waals surface area contributed by atoms with Crippen LogP contribution in [0.4, 0.5) is 23.0 Å². The molecular weight excluding hydrogens is 300 g/mol. The highest BCUT2D eigenvalue weighted by atomic mass is 16.5. The van der Waals surface area contributed by atoms with Crippen molar-refractivity contribution >= 4 is 23.0 Å². The second-order valence-corrected chi connectivity index (χ2v) is 5.48. The van der Waals surface area contributed by atoms with Gasteiger partial charge in [0.05, 0.1) is 7.11 Å². The molecule has 2 aromatic carbocycles. The smallest absolute Gasteiger partial charge is 0.136 e. The zero-order chi connectivity index (χ0) is 16.9.